The zero-order valence-electron chi connectivity index (χ0n) is 22.4. The molecule has 5 rings (SSSR count). The van der Waals surface area contributed by atoms with Crippen molar-refractivity contribution < 1.29 is 22.8 Å². The van der Waals surface area contributed by atoms with Crippen molar-refractivity contribution in [3.8, 4) is 0 Å². The predicted octanol–water partition coefficient (Wildman–Crippen LogP) is 3.89. The first-order valence-corrected chi connectivity index (χ1v) is 13.6. The Hall–Kier alpha value is -2.95. The van der Waals surface area contributed by atoms with Gasteiger partial charge in [0.15, 0.2) is 0 Å². The van der Waals surface area contributed by atoms with E-state index in [4.69, 9.17) is 5.73 Å². The molecule has 10 heteroatoms. The summed E-state index contributed by atoms with van der Waals surface area (Å²) in [6.07, 6.45) is -2.56. The molecule has 2 aromatic carbocycles. The van der Waals surface area contributed by atoms with Gasteiger partial charge in [0.25, 0.3) is 5.91 Å². The van der Waals surface area contributed by atoms with Gasteiger partial charge < -0.3 is 16.0 Å². The number of likely N-dealkylation sites (N-methyl/N-ethyl adjacent to an activating group) is 1. The number of nitrogens with two attached hydrogens (primary N) is 1. The molecule has 1 saturated carbocycles. The number of hydrogen-bond acceptors (Lipinski definition) is 5. The van der Waals surface area contributed by atoms with Gasteiger partial charge in [-0.1, -0.05) is 19.1 Å². The van der Waals surface area contributed by atoms with Gasteiger partial charge in [0.2, 0.25) is 5.91 Å². The molecule has 2 fully saturated rings. The van der Waals surface area contributed by atoms with E-state index < -0.39 is 17.6 Å². The van der Waals surface area contributed by atoms with Gasteiger partial charge in [-0.2, -0.15) is 13.2 Å². The van der Waals surface area contributed by atoms with Gasteiger partial charge >= 0.3 is 6.18 Å². The van der Waals surface area contributed by atoms with E-state index in [2.05, 4.69) is 22.0 Å². The summed E-state index contributed by atoms with van der Waals surface area (Å²) in [5.74, 6) is -0.354. The van der Waals surface area contributed by atoms with Gasteiger partial charge in [-0.25, -0.2) is 0 Å². The number of carbonyl (C=O) groups excluding carboxylic acids is 2. The zero-order valence-corrected chi connectivity index (χ0v) is 22.4. The minimum atomic E-state index is -4.54. The Morgan fingerprint density at radius 1 is 1.08 bits per heavy atom. The Balaban J connectivity index is 1.32. The van der Waals surface area contributed by atoms with E-state index >= 15 is 0 Å². The van der Waals surface area contributed by atoms with Crippen LogP contribution in [0.15, 0.2) is 36.4 Å². The third-order valence-electron chi connectivity index (χ3n) is 8.23. The number of rotatable bonds is 7. The van der Waals surface area contributed by atoms with Crippen molar-refractivity contribution in [3.63, 3.8) is 0 Å². The number of alkyl halides is 3. The van der Waals surface area contributed by atoms with E-state index in [0.717, 1.165) is 43.1 Å². The lowest BCUT2D eigenvalue weighted by Gasteiger charge is -2.37. The van der Waals surface area contributed by atoms with Crippen molar-refractivity contribution >= 4 is 17.5 Å². The third kappa shape index (κ3) is 6.28. The minimum absolute atomic E-state index is 0.102. The van der Waals surface area contributed by atoms with Crippen molar-refractivity contribution in [1.29, 1.82) is 0 Å². The maximum atomic E-state index is 14.0. The van der Waals surface area contributed by atoms with Crippen LogP contribution in [0.2, 0.25) is 0 Å². The highest BCUT2D eigenvalue weighted by Gasteiger charge is 2.41. The van der Waals surface area contributed by atoms with Crippen molar-refractivity contribution in [3.05, 3.63) is 64.2 Å². The first kappa shape index (κ1) is 27.6. The molecule has 2 atom stereocenters. The molecular formula is C29H36F3N5O2. The monoisotopic (exact) mass is 543 g/mol. The summed E-state index contributed by atoms with van der Waals surface area (Å²) in [5.41, 5.74) is 7.70. The number of hydrogen-bond donors (Lipinski definition) is 2. The van der Waals surface area contributed by atoms with E-state index in [0.29, 0.717) is 31.7 Å². The predicted molar refractivity (Wildman–Crippen MR) is 143 cm³/mol. The Morgan fingerprint density at radius 2 is 1.79 bits per heavy atom. The highest BCUT2D eigenvalue weighted by atomic mass is 19.4. The van der Waals surface area contributed by atoms with Crippen molar-refractivity contribution in [2.75, 3.05) is 45.1 Å². The molecule has 3 N–H and O–H groups in total. The van der Waals surface area contributed by atoms with Crippen molar-refractivity contribution in [2.45, 2.75) is 51.0 Å². The number of nitrogens with zero attached hydrogens (tertiary/aromatic N) is 3. The molecule has 0 bridgehead atoms. The molecule has 0 spiro atoms. The largest absolute Gasteiger partial charge is 0.416 e. The summed E-state index contributed by atoms with van der Waals surface area (Å²) in [5, 5.41) is 2.66. The average molecular weight is 544 g/mol. The first-order valence-electron chi connectivity index (χ1n) is 13.6. The summed E-state index contributed by atoms with van der Waals surface area (Å²) >= 11 is 0. The second-order valence-electron chi connectivity index (χ2n) is 11.3. The lowest BCUT2D eigenvalue weighted by Crippen LogP contribution is -2.49. The molecule has 2 heterocycles. The second kappa shape index (κ2) is 10.9. The van der Waals surface area contributed by atoms with Crippen LogP contribution < -0.4 is 11.1 Å². The summed E-state index contributed by atoms with van der Waals surface area (Å²) in [6, 6.07) is 9.10. The van der Waals surface area contributed by atoms with Crippen LogP contribution in [-0.4, -0.2) is 72.3 Å². The molecule has 7 nitrogen and oxygen atoms in total. The molecular weight excluding hydrogens is 507 g/mol. The average Bonchev–Trinajstić information content (AvgIpc) is 3.70. The number of anilines is 1. The molecule has 1 aliphatic carbocycles. The van der Waals surface area contributed by atoms with Crippen molar-refractivity contribution in [2.24, 2.45) is 11.7 Å². The van der Waals surface area contributed by atoms with E-state index in [1.165, 1.54) is 12.1 Å². The number of benzene rings is 2. The number of piperazine rings is 1. The SMILES string of the molecule is C[C@H]1CN(C(C(N)=O)C2CC2)Cc2cc(C(=O)Nc3ccc(CN4CCN(C)CC4)c(C(F)(F)F)c3)ccc21. The molecule has 1 saturated heterocycles. The van der Waals surface area contributed by atoms with Gasteiger partial charge in [-0.3, -0.25) is 19.4 Å². The minimum Gasteiger partial charge on any atom is -0.368 e. The normalized spacial score (nSPS) is 21.8. The first-order chi connectivity index (χ1) is 18.5. The fraction of sp³-hybridized carbons (Fsp3) is 0.517. The molecule has 2 amide bonds. The van der Waals surface area contributed by atoms with E-state index in [-0.39, 0.29) is 41.6 Å². The maximum absolute atomic E-state index is 14.0. The molecule has 0 radical (unpaired) electrons. The fourth-order valence-electron chi connectivity index (χ4n) is 5.94. The van der Waals surface area contributed by atoms with Crippen LogP contribution in [0.1, 0.15) is 58.3 Å². The molecule has 210 valence electrons. The van der Waals surface area contributed by atoms with Gasteiger partial charge in [0, 0.05) is 57.1 Å². The lowest BCUT2D eigenvalue weighted by atomic mass is 9.88. The summed E-state index contributed by atoms with van der Waals surface area (Å²) in [6.45, 7) is 6.56. The molecule has 3 aliphatic rings. The van der Waals surface area contributed by atoms with Gasteiger partial charge in [0.1, 0.15) is 0 Å². The van der Waals surface area contributed by atoms with Gasteiger partial charge in [-0.15, -0.1) is 0 Å². The van der Waals surface area contributed by atoms with Crippen LogP contribution in [0.4, 0.5) is 18.9 Å². The van der Waals surface area contributed by atoms with Gasteiger partial charge in [-0.05, 0) is 72.7 Å². The zero-order chi connectivity index (χ0) is 27.9. The van der Waals surface area contributed by atoms with E-state index in [1.807, 2.05) is 18.0 Å². The lowest BCUT2D eigenvalue weighted by molar-refractivity contribution is -0.138. The van der Waals surface area contributed by atoms with Crippen molar-refractivity contribution in [1.82, 2.24) is 14.7 Å². The maximum Gasteiger partial charge on any atom is 0.416 e. The smallest absolute Gasteiger partial charge is 0.368 e. The number of carbonyl (C=O) groups is 2. The van der Waals surface area contributed by atoms with Crippen LogP contribution in [0.25, 0.3) is 0 Å². The Bertz CT molecular complexity index is 1240. The van der Waals surface area contributed by atoms with Gasteiger partial charge in [0.05, 0.1) is 11.6 Å². The highest BCUT2D eigenvalue weighted by molar-refractivity contribution is 6.04. The quantitative estimate of drug-likeness (QED) is 0.554. The van der Waals surface area contributed by atoms with Crippen LogP contribution >= 0.6 is 0 Å². The standard InChI is InChI=1S/C29H36F3N5O2/c1-18-15-37(26(27(33)38)19-3-4-19)17-22-13-20(6-8-24(18)22)28(39)34-23-7-5-21(25(14-23)29(30,31)32)16-36-11-9-35(2)10-12-36/h5-8,13-14,18-19,26H,3-4,9-12,15-17H2,1-2H3,(H2,33,38)(H,34,39)/t18-,26?/m0/s1. The Morgan fingerprint density at radius 3 is 2.44 bits per heavy atom. The fourth-order valence-corrected chi connectivity index (χ4v) is 5.94. The van der Waals surface area contributed by atoms with Crippen LogP contribution in [0.3, 0.4) is 0 Å². The molecule has 1 unspecified atom stereocenters. The molecule has 39 heavy (non-hydrogen) atoms. The summed E-state index contributed by atoms with van der Waals surface area (Å²) < 4.78 is 41.9. The number of amides is 2. The van der Waals surface area contributed by atoms with Crippen LogP contribution in [0, 0.1) is 5.92 Å². The third-order valence-corrected chi connectivity index (χ3v) is 8.23. The van der Waals surface area contributed by atoms with Crippen LogP contribution in [0.5, 0.6) is 0 Å². The molecule has 2 aliphatic heterocycles. The number of primary amides is 1. The van der Waals surface area contributed by atoms with E-state index in [1.54, 1.807) is 12.1 Å². The van der Waals surface area contributed by atoms with Crippen LogP contribution in [-0.2, 0) is 24.1 Å². The summed E-state index contributed by atoms with van der Waals surface area (Å²) in [7, 11) is 2.00. The number of halogens is 3. The number of nitrogens with one attached hydrogen (secondary N) is 1. The molecule has 0 aromatic heterocycles. The molecule has 2 aromatic rings. The second-order valence-corrected chi connectivity index (χ2v) is 11.3. The number of fused-ring (bicyclic) bond motifs is 1. The van der Waals surface area contributed by atoms with E-state index in [9.17, 15) is 22.8 Å². The summed E-state index contributed by atoms with van der Waals surface area (Å²) in [4.78, 5) is 31.6. The topological polar surface area (TPSA) is 81.9 Å². The Kier molecular flexibility index (Phi) is 7.72. The Labute approximate surface area is 227 Å². The highest BCUT2D eigenvalue weighted by Crippen LogP contribution is 2.39.